The van der Waals surface area contributed by atoms with Gasteiger partial charge in [0.05, 0.1) is 25.2 Å². The van der Waals surface area contributed by atoms with E-state index >= 15 is 0 Å². The zero-order valence-electron chi connectivity index (χ0n) is 42.5. The number of rotatable bonds is 46. The van der Waals surface area contributed by atoms with Gasteiger partial charge in [-0.25, -0.2) is 0 Å². The van der Waals surface area contributed by atoms with E-state index < -0.39 is 18.2 Å². The Morgan fingerprint density at radius 3 is 1.41 bits per heavy atom. The lowest BCUT2D eigenvalue weighted by atomic mass is 10.0. The first-order valence-corrected chi connectivity index (χ1v) is 26.8. The monoisotopic (exact) mass is 914 g/mol. The average Bonchev–Trinajstić information content (AvgIpc) is 3.31. The van der Waals surface area contributed by atoms with Crippen molar-refractivity contribution < 1.29 is 24.5 Å². The molecule has 0 aromatic rings. The van der Waals surface area contributed by atoms with E-state index in [-0.39, 0.29) is 24.9 Å². The number of carbonyl (C=O) groups excluding carboxylic acids is 2. The second-order valence-electron chi connectivity index (χ2n) is 17.6. The van der Waals surface area contributed by atoms with Crippen LogP contribution in [0.1, 0.15) is 220 Å². The predicted octanol–water partition coefficient (Wildman–Crippen LogP) is 16.5. The lowest BCUT2D eigenvalue weighted by molar-refractivity contribution is -0.148. The molecule has 1 amide bonds. The van der Waals surface area contributed by atoms with Gasteiger partial charge in [-0.1, -0.05) is 252 Å². The molecule has 0 spiro atoms. The summed E-state index contributed by atoms with van der Waals surface area (Å²) in [6.45, 7) is 6.19. The second kappa shape index (κ2) is 52.2. The van der Waals surface area contributed by atoms with Gasteiger partial charge in [0.25, 0.3) is 0 Å². The molecule has 3 unspecified atom stereocenters. The van der Waals surface area contributed by atoms with Crippen LogP contribution in [-0.2, 0) is 14.3 Å². The molecule has 0 aliphatic rings. The molecule has 3 N–H and O–H groups in total. The molecule has 0 aliphatic heterocycles. The molecule has 0 aromatic heterocycles. The lowest BCUT2D eigenvalue weighted by Crippen LogP contribution is -2.46. The molecule has 374 valence electrons. The Morgan fingerprint density at radius 1 is 0.485 bits per heavy atom. The number of allylic oxidation sites excluding steroid dienone is 19. The van der Waals surface area contributed by atoms with Crippen LogP contribution in [0.25, 0.3) is 0 Å². The van der Waals surface area contributed by atoms with Crippen LogP contribution in [-0.4, -0.2) is 46.9 Å². The fraction of sp³-hybridized carbons (Fsp3) is 0.633. The summed E-state index contributed by atoms with van der Waals surface area (Å²) in [5.41, 5.74) is 0. The van der Waals surface area contributed by atoms with Gasteiger partial charge in [-0.3, -0.25) is 9.59 Å². The maximum Gasteiger partial charge on any atom is 0.306 e. The molecule has 0 saturated heterocycles. The van der Waals surface area contributed by atoms with Crippen molar-refractivity contribution in [2.45, 2.75) is 238 Å². The Hall–Kier alpha value is -3.74. The highest BCUT2D eigenvalue weighted by Crippen LogP contribution is 2.16. The van der Waals surface area contributed by atoms with Crippen molar-refractivity contribution in [2.24, 2.45) is 0 Å². The van der Waals surface area contributed by atoms with Gasteiger partial charge in [0.1, 0.15) is 6.10 Å². The molecule has 6 nitrogen and oxygen atoms in total. The first-order chi connectivity index (χ1) is 32.5. The van der Waals surface area contributed by atoms with Crippen molar-refractivity contribution in [1.29, 1.82) is 0 Å². The van der Waals surface area contributed by atoms with Crippen LogP contribution in [0.5, 0.6) is 0 Å². The molecular formula is C60H99NO5. The summed E-state index contributed by atoms with van der Waals surface area (Å²) >= 11 is 0. The minimum atomic E-state index is -0.832. The number of aliphatic hydroxyl groups is 2. The van der Waals surface area contributed by atoms with Crippen LogP contribution in [0.4, 0.5) is 0 Å². The van der Waals surface area contributed by atoms with Gasteiger partial charge in [0.15, 0.2) is 0 Å². The Kier molecular flexibility index (Phi) is 49.3. The molecule has 3 atom stereocenters. The highest BCUT2D eigenvalue weighted by molar-refractivity contribution is 5.78. The van der Waals surface area contributed by atoms with Crippen molar-refractivity contribution >= 4 is 11.9 Å². The van der Waals surface area contributed by atoms with E-state index in [0.717, 1.165) is 96.3 Å². The number of nitrogens with one attached hydrogen (secondary N) is 1. The summed E-state index contributed by atoms with van der Waals surface area (Å²) in [7, 11) is 0. The first kappa shape index (κ1) is 62.3. The number of aliphatic hydroxyl groups excluding tert-OH is 2. The first-order valence-electron chi connectivity index (χ1n) is 26.8. The van der Waals surface area contributed by atoms with E-state index in [1.807, 2.05) is 24.3 Å². The van der Waals surface area contributed by atoms with Crippen molar-refractivity contribution in [2.75, 3.05) is 6.61 Å². The van der Waals surface area contributed by atoms with Gasteiger partial charge in [-0.2, -0.15) is 0 Å². The number of unbranched alkanes of at least 4 members (excludes halogenated alkanes) is 19. The third-order valence-electron chi connectivity index (χ3n) is 11.4. The molecule has 0 saturated carbocycles. The van der Waals surface area contributed by atoms with E-state index in [2.05, 4.69) is 117 Å². The maximum atomic E-state index is 13.2. The van der Waals surface area contributed by atoms with Gasteiger partial charge < -0.3 is 20.3 Å². The maximum absolute atomic E-state index is 13.2. The van der Waals surface area contributed by atoms with Crippen LogP contribution < -0.4 is 5.32 Å². The predicted molar refractivity (Wildman–Crippen MR) is 286 cm³/mol. The zero-order valence-corrected chi connectivity index (χ0v) is 42.5. The van der Waals surface area contributed by atoms with Crippen LogP contribution in [0.2, 0.25) is 0 Å². The second-order valence-corrected chi connectivity index (χ2v) is 17.6. The third kappa shape index (κ3) is 46.8. The van der Waals surface area contributed by atoms with Crippen LogP contribution in [0.3, 0.4) is 0 Å². The van der Waals surface area contributed by atoms with Crippen LogP contribution in [0.15, 0.2) is 122 Å². The van der Waals surface area contributed by atoms with Crippen molar-refractivity contribution in [3.8, 4) is 0 Å². The van der Waals surface area contributed by atoms with E-state index in [1.165, 1.54) is 77.0 Å². The normalized spacial score (nSPS) is 14.2. The Balaban J connectivity index is 4.81. The van der Waals surface area contributed by atoms with Crippen LogP contribution in [0, 0.1) is 0 Å². The van der Waals surface area contributed by atoms with Crippen LogP contribution >= 0.6 is 0 Å². The molecule has 0 aliphatic carbocycles. The minimum Gasteiger partial charge on any atom is -0.458 e. The highest BCUT2D eigenvalue weighted by atomic mass is 16.5. The number of hydrogen-bond donors (Lipinski definition) is 3. The zero-order chi connectivity index (χ0) is 48.1. The summed E-state index contributed by atoms with van der Waals surface area (Å²) in [6, 6.07) is -0.757. The van der Waals surface area contributed by atoms with Crippen molar-refractivity contribution in [3.63, 3.8) is 0 Å². The molecule has 6 heteroatoms. The molecule has 0 rings (SSSR count). The van der Waals surface area contributed by atoms with E-state index in [0.29, 0.717) is 19.3 Å². The fourth-order valence-electron chi connectivity index (χ4n) is 7.38. The fourth-order valence-corrected chi connectivity index (χ4v) is 7.38. The molecule has 0 fully saturated rings. The standard InChI is InChI=1S/C60H99NO5/c1-4-7-10-13-16-19-22-25-28-29-32-33-36-39-42-45-48-51-56(66-60(65)53-50-47-44-41-38-35-31-27-24-21-18-15-12-9-6-3)54-59(64)61-57(55-62)58(63)52-49-46-43-40-37-34-30-26-23-20-17-14-11-8-5-2/h7,9-10,12,15-16,18-19,21,24-25,27-28,31-33,39,42,48,51,56-58,62-63H,4-6,8,11,13-14,17,20,22-23,26,29-30,34-38,40-41,43-47,49-50,52-55H2,1-3H3,(H,61,64)/b10-7-,12-9+,18-15+,19-16-,24-21+,28-25-,31-27-,33-32-,42-39-,51-48-. The smallest absolute Gasteiger partial charge is 0.306 e. The molecule has 0 aromatic carbocycles. The number of esters is 1. The Bertz CT molecular complexity index is 1390. The van der Waals surface area contributed by atoms with Crippen molar-refractivity contribution in [3.05, 3.63) is 122 Å². The summed E-state index contributed by atoms with van der Waals surface area (Å²) in [5.74, 6) is -0.666. The van der Waals surface area contributed by atoms with E-state index in [9.17, 15) is 19.8 Å². The molecular weight excluding hydrogens is 815 g/mol. The third-order valence-corrected chi connectivity index (χ3v) is 11.4. The average molecular weight is 914 g/mol. The summed E-state index contributed by atoms with van der Waals surface area (Å²) in [6.07, 6.45) is 72.8. The van der Waals surface area contributed by atoms with E-state index in [4.69, 9.17) is 4.74 Å². The van der Waals surface area contributed by atoms with Gasteiger partial charge in [-0.15, -0.1) is 0 Å². The van der Waals surface area contributed by atoms with Crippen molar-refractivity contribution in [1.82, 2.24) is 5.32 Å². The summed E-state index contributed by atoms with van der Waals surface area (Å²) in [5, 5.41) is 23.8. The van der Waals surface area contributed by atoms with Gasteiger partial charge in [0.2, 0.25) is 5.91 Å². The van der Waals surface area contributed by atoms with Gasteiger partial charge >= 0.3 is 5.97 Å². The van der Waals surface area contributed by atoms with Gasteiger partial charge in [0, 0.05) is 6.42 Å². The molecule has 0 heterocycles. The number of amides is 1. The molecule has 0 bridgehead atoms. The molecule has 66 heavy (non-hydrogen) atoms. The Labute approximate surface area is 406 Å². The Morgan fingerprint density at radius 2 is 0.909 bits per heavy atom. The quantitative estimate of drug-likeness (QED) is 0.0245. The number of hydrogen-bond acceptors (Lipinski definition) is 5. The van der Waals surface area contributed by atoms with Gasteiger partial charge in [-0.05, 0) is 76.7 Å². The number of ether oxygens (including phenoxy) is 1. The molecule has 0 radical (unpaired) electrons. The van der Waals surface area contributed by atoms with E-state index in [1.54, 1.807) is 6.08 Å². The SMILES string of the molecule is CC/C=C\C/C=C\C/C=C\C/C=C\C/C=C\C/C=C\C(CC(=O)NC(CO)C(O)CCCCCCCCCCCCCCCCC)OC(=O)CCCCCCC\C=C/C=C/C=C/C=C/CC. The largest absolute Gasteiger partial charge is 0.458 e. The minimum absolute atomic E-state index is 0.0645. The lowest BCUT2D eigenvalue weighted by Gasteiger charge is -2.23. The topological polar surface area (TPSA) is 95.9 Å². The summed E-state index contributed by atoms with van der Waals surface area (Å²) < 4.78 is 5.82. The highest BCUT2D eigenvalue weighted by Gasteiger charge is 2.23. The summed E-state index contributed by atoms with van der Waals surface area (Å²) in [4.78, 5) is 26.1. The number of carbonyl (C=O) groups is 2.